The minimum absolute atomic E-state index is 0.724. The second-order valence-corrected chi connectivity index (χ2v) is 7.82. The highest BCUT2D eigenvalue weighted by atomic mass is 16.5. The number of guanidine groups is 1. The van der Waals surface area contributed by atoms with Crippen LogP contribution in [0, 0.1) is 6.92 Å². The van der Waals surface area contributed by atoms with Crippen molar-refractivity contribution >= 4 is 17.3 Å². The molecule has 0 amide bonds. The number of aryl methyl sites for hydroxylation is 1. The molecule has 7 nitrogen and oxygen atoms in total. The van der Waals surface area contributed by atoms with Crippen LogP contribution in [0.3, 0.4) is 0 Å². The Morgan fingerprint density at radius 3 is 2.74 bits per heavy atom. The Kier molecular flexibility index (Phi) is 6.60. The van der Waals surface area contributed by atoms with Gasteiger partial charge in [0.05, 0.1) is 12.8 Å². The SMILES string of the molecule is CCNC(=NCCc1cn2cccc(C)c2n1)N1CCN(c2cccc(OC)c2)CC1. The molecule has 0 saturated carbocycles. The highest BCUT2D eigenvalue weighted by Crippen LogP contribution is 2.22. The van der Waals surface area contributed by atoms with Crippen LogP contribution < -0.4 is 15.0 Å². The maximum atomic E-state index is 5.37. The summed E-state index contributed by atoms with van der Waals surface area (Å²) in [6.45, 7) is 9.61. The maximum absolute atomic E-state index is 5.37. The van der Waals surface area contributed by atoms with E-state index in [1.165, 1.54) is 11.3 Å². The number of imidazole rings is 1. The van der Waals surface area contributed by atoms with Gasteiger partial charge >= 0.3 is 0 Å². The van der Waals surface area contributed by atoms with Crippen molar-refractivity contribution < 1.29 is 4.74 Å². The molecule has 1 aliphatic rings. The minimum atomic E-state index is 0.724. The zero-order valence-electron chi connectivity index (χ0n) is 18.7. The molecule has 3 aromatic rings. The predicted octanol–water partition coefficient (Wildman–Crippen LogP) is 2.98. The summed E-state index contributed by atoms with van der Waals surface area (Å²) in [5, 5.41) is 3.46. The lowest BCUT2D eigenvalue weighted by Crippen LogP contribution is -2.52. The van der Waals surface area contributed by atoms with Crippen LogP contribution in [0.15, 0.2) is 53.8 Å². The molecule has 3 heterocycles. The summed E-state index contributed by atoms with van der Waals surface area (Å²) in [4.78, 5) is 14.4. The number of hydrogen-bond donors (Lipinski definition) is 1. The first-order chi connectivity index (χ1) is 15.2. The second kappa shape index (κ2) is 9.73. The number of nitrogens with zero attached hydrogens (tertiary/aromatic N) is 5. The smallest absolute Gasteiger partial charge is 0.194 e. The number of fused-ring (bicyclic) bond motifs is 1. The molecular formula is C24H32N6O. The summed E-state index contributed by atoms with van der Waals surface area (Å²) in [5.41, 5.74) is 4.52. The highest BCUT2D eigenvalue weighted by Gasteiger charge is 2.20. The molecule has 0 radical (unpaired) electrons. The van der Waals surface area contributed by atoms with Crippen LogP contribution in [0.5, 0.6) is 5.75 Å². The van der Waals surface area contributed by atoms with Gasteiger partial charge in [0.2, 0.25) is 0 Å². The fourth-order valence-corrected chi connectivity index (χ4v) is 4.01. The number of aliphatic imine (C=N–C) groups is 1. The quantitative estimate of drug-likeness (QED) is 0.491. The summed E-state index contributed by atoms with van der Waals surface area (Å²) in [5.74, 6) is 1.89. The van der Waals surface area contributed by atoms with Gasteiger partial charge in [0.25, 0.3) is 0 Å². The minimum Gasteiger partial charge on any atom is -0.497 e. The third-order valence-corrected chi connectivity index (χ3v) is 5.69. The first-order valence-corrected chi connectivity index (χ1v) is 11.0. The van der Waals surface area contributed by atoms with Gasteiger partial charge in [-0.15, -0.1) is 0 Å². The number of benzene rings is 1. The Labute approximate surface area is 184 Å². The van der Waals surface area contributed by atoms with Gasteiger partial charge in [-0.05, 0) is 37.6 Å². The van der Waals surface area contributed by atoms with Crippen molar-refractivity contribution in [2.45, 2.75) is 20.3 Å². The summed E-state index contributed by atoms with van der Waals surface area (Å²) in [6.07, 6.45) is 4.99. The average Bonchev–Trinajstić information content (AvgIpc) is 3.23. The first-order valence-electron chi connectivity index (χ1n) is 11.0. The van der Waals surface area contributed by atoms with Crippen molar-refractivity contribution in [3.8, 4) is 5.75 Å². The van der Waals surface area contributed by atoms with Crippen molar-refractivity contribution in [1.29, 1.82) is 0 Å². The molecule has 0 spiro atoms. The molecule has 0 bridgehead atoms. The fourth-order valence-electron chi connectivity index (χ4n) is 4.01. The predicted molar refractivity (Wildman–Crippen MR) is 126 cm³/mol. The maximum Gasteiger partial charge on any atom is 0.194 e. The molecule has 1 fully saturated rings. The molecule has 0 aliphatic carbocycles. The topological polar surface area (TPSA) is 57.4 Å². The van der Waals surface area contributed by atoms with Crippen LogP contribution in [-0.4, -0.2) is 66.6 Å². The van der Waals surface area contributed by atoms with Gasteiger partial charge in [0, 0.05) is 69.8 Å². The Bertz CT molecular complexity index is 1040. The zero-order valence-corrected chi connectivity index (χ0v) is 18.7. The van der Waals surface area contributed by atoms with Crippen LogP contribution in [0.2, 0.25) is 0 Å². The monoisotopic (exact) mass is 420 g/mol. The van der Waals surface area contributed by atoms with E-state index in [1.54, 1.807) is 7.11 Å². The van der Waals surface area contributed by atoms with Crippen molar-refractivity contribution in [3.63, 3.8) is 0 Å². The molecule has 2 aromatic heterocycles. The van der Waals surface area contributed by atoms with Gasteiger partial charge in [-0.2, -0.15) is 0 Å². The normalized spacial score (nSPS) is 14.9. The van der Waals surface area contributed by atoms with E-state index in [0.29, 0.717) is 0 Å². The van der Waals surface area contributed by atoms with Crippen LogP contribution in [0.4, 0.5) is 5.69 Å². The Balaban J connectivity index is 1.36. The van der Waals surface area contributed by atoms with Gasteiger partial charge in [-0.1, -0.05) is 12.1 Å². The number of hydrogen-bond acceptors (Lipinski definition) is 4. The van der Waals surface area contributed by atoms with E-state index in [4.69, 9.17) is 14.7 Å². The molecule has 31 heavy (non-hydrogen) atoms. The number of anilines is 1. The third-order valence-electron chi connectivity index (χ3n) is 5.69. The van der Waals surface area contributed by atoms with E-state index in [9.17, 15) is 0 Å². The van der Waals surface area contributed by atoms with Crippen LogP contribution in [0.1, 0.15) is 18.2 Å². The molecule has 0 unspecified atom stereocenters. The van der Waals surface area contributed by atoms with Gasteiger partial charge < -0.3 is 24.3 Å². The van der Waals surface area contributed by atoms with E-state index >= 15 is 0 Å². The molecule has 0 atom stereocenters. The average molecular weight is 421 g/mol. The summed E-state index contributed by atoms with van der Waals surface area (Å²) >= 11 is 0. The Morgan fingerprint density at radius 2 is 2.00 bits per heavy atom. The van der Waals surface area contributed by atoms with Gasteiger partial charge in [0.15, 0.2) is 5.96 Å². The van der Waals surface area contributed by atoms with Crippen molar-refractivity contribution in [3.05, 3.63) is 60.0 Å². The molecular weight excluding hydrogens is 388 g/mol. The van der Waals surface area contributed by atoms with E-state index in [0.717, 1.165) is 68.7 Å². The molecule has 4 rings (SSSR count). The van der Waals surface area contributed by atoms with E-state index in [1.807, 2.05) is 18.3 Å². The third kappa shape index (κ3) is 4.93. The first kappa shape index (κ1) is 21.0. The van der Waals surface area contributed by atoms with E-state index in [2.05, 4.69) is 63.8 Å². The summed E-state index contributed by atoms with van der Waals surface area (Å²) in [6, 6.07) is 12.4. The highest BCUT2D eigenvalue weighted by molar-refractivity contribution is 5.80. The number of pyridine rings is 1. The van der Waals surface area contributed by atoms with Crippen molar-refractivity contribution in [2.24, 2.45) is 4.99 Å². The lowest BCUT2D eigenvalue weighted by Gasteiger charge is -2.37. The van der Waals surface area contributed by atoms with Crippen molar-refractivity contribution in [2.75, 3.05) is 51.3 Å². The van der Waals surface area contributed by atoms with Gasteiger partial charge in [-0.25, -0.2) is 4.98 Å². The lowest BCUT2D eigenvalue weighted by molar-refractivity contribution is 0.372. The zero-order chi connectivity index (χ0) is 21.6. The fraction of sp³-hybridized carbons (Fsp3) is 0.417. The number of methoxy groups -OCH3 is 1. The Hall–Kier alpha value is -3.22. The summed E-state index contributed by atoms with van der Waals surface area (Å²) in [7, 11) is 1.71. The second-order valence-electron chi connectivity index (χ2n) is 7.82. The number of rotatable bonds is 6. The molecule has 1 aromatic carbocycles. The molecule has 1 N–H and O–H groups in total. The number of nitrogens with one attached hydrogen (secondary N) is 1. The molecule has 1 saturated heterocycles. The standard InChI is InChI=1S/C24H32N6O/c1-4-25-24(26-11-10-20-18-30-12-6-7-19(2)23(30)27-20)29-15-13-28(14-16-29)21-8-5-9-22(17-21)31-3/h5-9,12,17-18H,4,10-11,13-16H2,1-3H3,(H,25,26). The Morgan fingerprint density at radius 1 is 1.16 bits per heavy atom. The molecule has 7 heteroatoms. The van der Waals surface area contributed by atoms with E-state index in [-0.39, 0.29) is 0 Å². The molecule has 164 valence electrons. The number of aromatic nitrogens is 2. The number of ether oxygens (including phenoxy) is 1. The van der Waals surface area contributed by atoms with Crippen LogP contribution >= 0.6 is 0 Å². The summed E-state index contributed by atoms with van der Waals surface area (Å²) < 4.78 is 7.47. The molecule has 1 aliphatic heterocycles. The van der Waals surface area contributed by atoms with Gasteiger partial charge in [-0.3, -0.25) is 4.99 Å². The number of piperazine rings is 1. The van der Waals surface area contributed by atoms with Crippen LogP contribution in [-0.2, 0) is 6.42 Å². The lowest BCUT2D eigenvalue weighted by atomic mass is 10.2. The van der Waals surface area contributed by atoms with Gasteiger partial charge in [0.1, 0.15) is 11.4 Å². The van der Waals surface area contributed by atoms with E-state index < -0.39 is 0 Å². The largest absolute Gasteiger partial charge is 0.497 e. The van der Waals surface area contributed by atoms with Crippen molar-refractivity contribution in [1.82, 2.24) is 19.6 Å². The van der Waals surface area contributed by atoms with Crippen LogP contribution in [0.25, 0.3) is 5.65 Å².